The van der Waals surface area contributed by atoms with Gasteiger partial charge in [-0.05, 0) is 6.07 Å². The predicted molar refractivity (Wildman–Crippen MR) is 78.5 cm³/mol. The van der Waals surface area contributed by atoms with Gasteiger partial charge in [0, 0.05) is 43.2 Å². The molecule has 112 valence electrons. The number of methoxy groups -OCH3 is 1. The third kappa shape index (κ3) is 5.85. The lowest BCUT2D eigenvalue weighted by atomic mass is 10.2. The smallest absolute Gasteiger partial charge is 0.270 e. The highest BCUT2D eigenvalue weighted by atomic mass is 79.9. The lowest BCUT2D eigenvalue weighted by Crippen LogP contribution is -2.07. The van der Waals surface area contributed by atoms with E-state index < -0.39 is 4.92 Å². The number of alkyl halides is 1. The van der Waals surface area contributed by atoms with Crippen LogP contribution in [-0.2, 0) is 14.8 Å². The largest absolute Gasteiger partial charge is 0.493 e. The first-order chi connectivity index (χ1) is 9.69. The molecule has 0 radical (unpaired) electrons. The molecule has 0 amide bonds. The highest BCUT2D eigenvalue weighted by molar-refractivity contribution is 9.08. The number of halogens is 1. The Hall–Kier alpha value is -1.18. The Morgan fingerprint density at radius 3 is 2.70 bits per heavy atom. The summed E-state index contributed by atoms with van der Waals surface area (Å²) in [5.41, 5.74) is 0.828. The Morgan fingerprint density at radius 1 is 1.25 bits per heavy atom. The lowest BCUT2D eigenvalue weighted by molar-refractivity contribution is -0.384. The van der Waals surface area contributed by atoms with E-state index in [0.717, 1.165) is 12.0 Å². The number of nitro groups is 1. The second-order valence-corrected chi connectivity index (χ2v) is 4.55. The van der Waals surface area contributed by atoms with Crippen LogP contribution in [0.5, 0.6) is 5.75 Å². The monoisotopic (exact) mass is 347 g/mol. The number of benzene rings is 1. The van der Waals surface area contributed by atoms with Gasteiger partial charge < -0.3 is 14.2 Å². The first kappa shape index (κ1) is 16.9. The van der Waals surface area contributed by atoms with Crippen LogP contribution < -0.4 is 4.74 Å². The fraction of sp³-hybridized carbons (Fsp3) is 0.538. The minimum atomic E-state index is -0.417. The van der Waals surface area contributed by atoms with Gasteiger partial charge in [0.15, 0.2) is 0 Å². The van der Waals surface area contributed by atoms with E-state index in [1.807, 2.05) is 0 Å². The fourth-order valence-electron chi connectivity index (χ4n) is 1.51. The third-order valence-corrected chi connectivity index (χ3v) is 3.13. The summed E-state index contributed by atoms with van der Waals surface area (Å²) >= 11 is 3.30. The van der Waals surface area contributed by atoms with Crippen molar-refractivity contribution >= 4 is 21.6 Å². The van der Waals surface area contributed by atoms with Crippen molar-refractivity contribution in [3.05, 3.63) is 33.9 Å². The average Bonchev–Trinajstić information content (AvgIpc) is 2.46. The first-order valence-electron chi connectivity index (χ1n) is 6.21. The Labute approximate surface area is 126 Å². The van der Waals surface area contributed by atoms with E-state index >= 15 is 0 Å². The number of hydrogen-bond donors (Lipinski definition) is 0. The van der Waals surface area contributed by atoms with Crippen LogP contribution in [-0.4, -0.2) is 38.5 Å². The molecule has 7 heteroatoms. The van der Waals surface area contributed by atoms with Crippen molar-refractivity contribution in [3.8, 4) is 5.75 Å². The maximum absolute atomic E-state index is 10.7. The van der Waals surface area contributed by atoms with Gasteiger partial charge in [0.05, 0.1) is 24.7 Å². The van der Waals surface area contributed by atoms with E-state index in [4.69, 9.17) is 14.2 Å². The normalized spacial score (nSPS) is 10.5. The van der Waals surface area contributed by atoms with Gasteiger partial charge >= 0.3 is 0 Å². The Balaban J connectivity index is 2.38. The molecule has 0 aromatic heterocycles. The standard InChI is InChI=1S/C13H18BrNO5/c1-18-7-8-19-5-2-6-20-13-4-3-12(15(16)17)9-11(13)10-14/h3-4,9H,2,5-8,10H2,1H3. The molecule has 0 bridgehead atoms. The van der Waals surface area contributed by atoms with E-state index in [-0.39, 0.29) is 5.69 Å². The number of rotatable bonds is 10. The molecular formula is C13H18BrNO5. The minimum absolute atomic E-state index is 0.0645. The second-order valence-electron chi connectivity index (χ2n) is 3.99. The fourth-order valence-corrected chi connectivity index (χ4v) is 1.95. The van der Waals surface area contributed by atoms with Gasteiger partial charge in [-0.25, -0.2) is 0 Å². The van der Waals surface area contributed by atoms with Crippen LogP contribution in [0, 0.1) is 10.1 Å². The summed E-state index contributed by atoms with van der Waals surface area (Å²) < 4.78 is 15.8. The van der Waals surface area contributed by atoms with E-state index in [0.29, 0.717) is 37.5 Å². The van der Waals surface area contributed by atoms with Crippen LogP contribution in [0.2, 0.25) is 0 Å². The van der Waals surface area contributed by atoms with Crippen LogP contribution in [0.3, 0.4) is 0 Å². The Bertz CT molecular complexity index is 427. The maximum Gasteiger partial charge on any atom is 0.270 e. The highest BCUT2D eigenvalue weighted by Crippen LogP contribution is 2.26. The van der Waals surface area contributed by atoms with Crippen molar-refractivity contribution in [1.29, 1.82) is 0 Å². The van der Waals surface area contributed by atoms with Gasteiger partial charge in [-0.2, -0.15) is 0 Å². The molecule has 0 N–H and O–H groups in total. The minimum Gasteiger partial charge on any atom is -0.493 e. The molecule has 1 aromatic carbocycles. The van der Waals surface area contributed by atoms with Gasteiger partial charge in [0.25, 0.3) is 5.69 Å². The molecule has 0 aliphatic rings. The summed E-state index contributed by atoms with van der Waals surface area (Å²) in [4.78, 5) is 10.3. The third-order valence-electron chi connectivity index (χ3n) is 2.52. The number of non-ortho nitro benzene ring substituents is 1. The Kier molecular flexibility index (Phi) is 8.17. The summed E-state index contributed by atoms with van der Waals surface area (Å²) in [5, 5.41) is 11.2. The van der Waals surface area contributed by atoms with E-state index in [2.05, 4.69) is 15.9 Å². The van der Waals surface area contributed by atoms with Crippen molar-refractivity contribution in [3.63, 3.8) is 0 Å². The van der Waals surface area contributed by atoms with Gasteiger partial charge in [-0.15, -0.1) is 0 Å². The quantitative estimate of drug-likeness (QED) is 0.281. The van der Waals surface area contributed by atoms with Gasteiger partial charge in [0.1, 0.15) is 5.75 Å². The zero-order chi connectivity index (χ0) is 14.8. The molecule has 1 rings (SSSR count). The molecule has 0 unspecified atom stereocenters. The molecule has 0 aliphatic carbocycles. The lowest BCUT2D eigenvalue weighted by Gasteiger charge is -2.10. The average molecular weight is 348 g/mol. The summed E-state index contributed by atoms with van der Waals surface area (Å²) in [6, 6.07) is 4.58. The van der Waals surface area contributed by atoms with E-state index in [1.54, 1.807) is 13.2 Å². The van der Waals surface area contributed by atoms with Gasteiger partial charge in [-0.1, -0.05) is 15.9 Å². The van der Waals surface area contributed by atoms with Crippen molar-refractivity contribution in [2.75, 3.05) is 33.5 Å². The van der Waals surface area contributed by atoms with Crippen molar-refractivity contribution < 1.29 is 19.1 Å². The molecule has 0 heterocycles. The molecule has 0 aliphatic heterocycles. The Morgan fingerprint density at radius 2 is 2.05 bits per heavy atom. The second kappa shape index (κ2) is 9.68. The van der Waals surface area contributed by atoms with Gasteiger partial charge in [0.2, 0.25) is 0 Å². The summed E-state index contributed by atoms with van der Waals surface area (Å²) in [7, 11) is 1.63. The number of ether oxygens (including phenoxy) is 3. The number of nitrogens with zero attached hydrogens (tertiary/aromatic N) is 1. The molecule has 0 spiro atoms. The van der Waals surface area contributed by atoms with Gasteiger partial charge in [-0.3, -0.25) is 10.1 Å². The topological polar surface area (TPSA) is 70.8 Å². The van der Waals surface area contributed by atoms with Crippen molar-refractivity contribution in [2.45, 2.75) is 11.8 Å². The van der Waals surface area contributed by atoms with Crippen LogP contribution >= 0.6 is 15.9 Å². The number of nitro benzene ring substituents is 1. The van der Waals surface area contributed by atoms with E-state index in [1.165, 1.54) is 12.1 Å². The SMILES string of the molecule is COCCOCCCOc1ccc([N+](=O)[O-])cc1CBr. The molecule has 0 saturated heterocycles. The van der Waals surface area contributed by atoms with Crippen molar-refractivity contribution in [1.82, 2.24) is 0 Å². The first-order valence-corrected chi connectivity index (χ1v) is 7.34. The zero-order valence-corrected chi connectivity index (χ0v) is 12.9. The molecule has 20 heavy (non-hydrogen) atoms. The molecule has 0 atom stereocenters. The van der Waals surface area contributed by atoms with E-state index in [9.17, 15) is 10.1 Å². The van der Waals surface area contributed by atoms with Crippen LogP contribution in [0.25, 0.3) is 0 Å². The van der Waals surface area contributed by atoms with Crippen LogP contribution in [0.4, 0.5) is 5.69 Å². The number of hydrogen-bond acceptors (Lipinski definition) is 5. The van der Waals surface area contributed by atoms with Crippen LogP contribution in [0.15, 0.2) is 18.2 Å². The summed E-state index contributed by atoms with van der Waals surface area (Å²) in [6.45, 7) is 2.25. The maximum atomic E-state index is 10.7. The molecule has 0 saturated carbocycles. The molecule has 0 fully saturated rings. The highest BCUT2D eigenvalue weighted by Gasteiger charge is 2.10. The summed E-state index contributed by atoms with van der Waals surface area (Å²) in [5.74, 6) is 0.657. The van der Waals surface area contributed by atoms with Crippen LogP contribution in [0.1, 0.15) is 12.0 Å². The summed E-state index contributed by atoms with van der Waals surface area (Å²) in [6.07, 6.45) is 0.752. The van der Waals surface area contributed by atoms with Crippen molar-refractivity contribution in [2.24, 2.45) is 0 Å². The zero-order valence-electron chi connectivity index (χ0n) is 11.3. The molecular weight excluding hydrogens is 330 g/mol. The molecule has 1 aromatic rings. The predicted octanol–water partition coefficient (Wildman–Crippen LogP) is 2.92. The molecule has 6 nitrogen and oxygen atoms in total.